The summed E-state index contributed by atoms with van der Waals surface area (Å²) in [4.78, 5) is 0. The molecule has 0 aromatic carbocycles. The molecule has 1 aromatic heterocycles. The molecule has 0 aliphatic heterocycles. The molecule has 11 heavy (non-hydrogen) atoms. The van der Waals surface area contributed by atoms with E-state index in [0.717, 1.165) is 5.75 Å². The van der Waals surface area contributed by atoms with Gasteiger partial charge in [0, 0.05) is 13.7 Å². The number of aromatic nitrogens is 2. The average molecular weight is 156 g/mol. The van der Waals surface area contributed by atoms with Crippen LogP contribution in [0.25, 0.3) is 0 Å². The van der Waals surface area contributed by atoms with Gasteiger partial charge in [0.25, 0.3) is 0 Å². The van der Waals surface area contributed by atoms with E-state index >= 15 is 0 Å². The lowest BCUT2D eigenvalue weighted by molar-refractivity contribution is 0.0224. The largest absolute Gasteiger partial charge is 0.464 e. The van der Waals surface area contributed by atoms with Crippen molar-refractivity contribution in [2.24, 2.45) is 7.05 Å². The lowest BCUT2D eigenvalue weighted by Crippen LogP contribution is -2.01. The first-order valence-electron chi connectivity index (χ1n) is 3.52. The molecule has 0 saturated carbocycles. The monoisotopic (exact) mass is 156 g/mol. The van der Waals surface area contributed by atoms with Crippen LogP contribution in [0.5, 0.6) is 5.75 Å². The summed E-state index contributed by atoms with van der Waals surface area (Å²) in [5.74, 6) is 0.737. The fraction of sp³-hybridized carbons (Fsp3) is 0.571. The quantitative estimate of drug-likeness (QED) is 0.477. The van der Waals surface area contributed by atoms with Crippen molar-refractivity contribution in [1.29, 1.82) is 0 Å². The fourth-order valence-electron chi connectivity index (χ4n) is 0.666. The van der Waals surface area contributed by atoms with Gasteiger partial charge in [-0.05, 0) is 6.92 Å². The summed E-state index contributed by atoms with van der Waals surface area (Å²) >= 11 is 0. The second-order valence-electron chi connectivity index (χ2n) is 2.10. The average Bonchev–Trinajstić information content (AvgIpc) is 2.37. The molecule has 0 saturated heterocycles. The van der Waals surface area contributed by atoms with Gasteiger partial charge in [0.2, 0.25) is 0 Å². The molecule has 0 N–H and O–H groups in total. The number of hydrogen-bond donors (Lipinski definition) is 0. The Morgan fingerprint density at radius 1 is 1.64 bits per heavy atom. The van der Waals surface area contributed by atoms with Crippen molar-refractivity contribution in [3.05, 3.63) is 12.4 Å². The Morgan fingerprint density at radius 2 is 2.45 bits per heavy atom. The maximum Gasteiger partial charge on any atom is 0.189 e. The van der Waals surface area contributed by atoms with Crippen LogP contribution >= 0.6 is 0 Å². The van der Waals surface area contributed by atoms with Crippen LogP contribution in [0.1, 0.15) is 6.92 Å². The van der Waals surface area contributed by atoms with Crippen LogP contribution in [0, 0.1) is 0 Å². The van der Waals surface area contributed by atoms with Gasteiger partial charge < -0.3 is 9.47 Å². The first-order chi connectivity index (χ1) is 5.33. The van der Waals surface area contributed by atoms with E-state index in [2.05, 4.69) is 5.10 Å². The van der Waals surface area contributed by atoms with E-state index in [0.29, 0.717) is 13.4 Å². The highest BCUT2D eigenvalue weighted by Crippen LogP contribution is 2.05. The van der Waals surface area contributed by atoms with E-state index in [1.54, 1.807) is 17.1 Å². The van der Waals surface area contributed by atoms with Gasteiger partial charge in [0.05, 0.1) is 12.4 Å². The molecule has 0 fully saturated rings. The maximum absolute atomic E-state index is 5.16. The van der Waals surface area contributed by atoms with Crippen molar-refractivity contribution in [1.82, 2.24) is 9.78 Å². The molecule has 0 atom stereocenters. The van der Waals surface area contributed by atoms with Crippen molar-refractivity contribution in [2.45, 2.75) is 6.92 Å². The molecule has 0 radical (unpaired) electrons. The first kappa shape index (κ1) is 8.07. The molecule has 0 aliphatic carbocycles. The highest BCUT2D eigenvalue weighted by molar-refractivity contribution is 5.10. The molecular formula is C7H12N2O2. The second kappa shape index (κ2) is 3.98. The van der Waals surface area contributed by atoms with E-state index in [1.807, 2.05) is 14.0 Å². The van der Waals surface area contributed by atoms with Crippen LogP contribution in [0.3, 0.4) is 0 Å². The molecule has 4 heteroatoms. The lowest BCUT2D eigenvalue weighted by atomic mass is 10.7. The lowest BCUT2D eigenvalue weighted by Gasteiger charge is -2.00. The zero-order valence-corrected chi connectivity index (χ0v) is 6.78. The summed E-state index contributed by atoms with van der Waals surface area (Å²) in [5.41, 5.74) is 0. The Kier molecular flexibility index (Phi) is 2.92. The molecular weight excluding hydrogens is 144 g/mol. The van der Waals surface area contributed by atoms with Gasteiger partial charge in [-0.25, -0.2) is 0 Å². The summed E-state index contributed by atoms with van der Waals surface area (Å²) in [7, 11) is 1.84. The van der Waals surface area contributed by atoms with E-state index < -0.39 is 0 Å². The first-order valence-corrected chi connectivity index (χ1v) is 3.52. The van der Waals surface area contributed by atoms with E-state index in [1.165, 1.54) is 0 Å². The Balaban J connectivity index is 2.27. The van der Waals surface area contributed by atoms with Crippen LogP contribution in [-0.2, 0) is 11.8 Å². The van der Waals surface area contributed by atoms with Crippen molar-refractivity contribution in [3.63, 3.8) is 0 Å². The molecule has 4 nitrogen and oxygen atoms in total. The van der Waals surface area contributed by atoms with Crippen LogP contribution in [0.15, 0.2) is 12.4 Å². The van der Waals surface area contributed by atoms with Gasteiger partial charge in [-0.1, -0.05) is 0 Å². The Morgan fingerprint density at radius 3 is 3.00 bits per heavy atom. The van der Waals surface area contributed by atoms with Gasteiger partial charge in [-0.15, -0.1) is 0 Å². The van der Waals surface area contributed by atoms with Crippen LogP contribution in [-0.4, -0.2) is 23.2 Å². The summed E-state index contributed by atoms with van der Waals surface area (Å²) < 4.78 is 11.8. The minimum atomic E-state index is 0.294. The molecule has 0 unspecified atom stereocenters. The third kappa shape index (κ3) is 2.59. The zero-order chi connectivity index (χ0) is 8.10. The molecule has 0 bridgehead atoms. The van der Waals surface area contributed by atoms with Crippen molar-refractivity contribution < 1.29 is 9.47 Å². The topological polar surface area (TPSA) is 36.3 Å². The van der Waals surface area contributed by atoms with Crippen molar-refractivity contribution in [2.75, 3.05) is 13.4 Å². The van der Waals surface area contributed by atoms with Crippen LogP contribution in [0.2, 0.25) is 0 Å². The van der Waals surface area contributed by atoms with Crippen LogP contribution in [0.4, 0.5) is 0 Å². The third-order valence-corrected chi connectivity index (χ3v) is 1.19. The molecule has 0 spiro atoms. The maximum atomic E-state index is 5.16. The number of aryl methyl sites for hydroxylation is 1. The molecule has 0 amide bonds. The highest BCUT2D eigenvalue weighted by atomic mass is 16.7. The van der Waals surface area contributed by atoms with Gasteiger partial charge in [0.1, 0.15) is 0 Å². The van der Waals surface area contributed by atoms with E-state index in [4.69, 9.17) is 9.47 Å². The van der Waals surface area contributed by atoms with E-state index in [-0.39, 0.29) is 0 Å². The Bertz CT molecular complexity index is 210. The summed E-state index contributed by atoms with van der Waals surface area (Å²) in [6.45, 7) is 2.88. The van der Waals surface area contributed by atoms with Gasteiger partial charge in [-0.2, -0.15) is 5.10 Å². The molecule has 0 aliphatic rings. The van der Waals surface area contributed by atoms with Gasteiger partial charge in [0.15, 0.2) is 12.5 Å². The zero-order valence-electron chi connectivity index (χ0n) is 6.78. The summed E-state index contributed by atoms with van der Waals surface area (Å²) in [6.07, 6.45) is 3.44. The normalized spacial score (nSPS) is 10.0. The predicted octanol–water partition coefficient (Wildman–Crippen LogP) is 0.793. The minimum absolute atomic E-state index is 0.294. The SMILES string of the molecule is CCOCOc1cnn(C)c1. The molecule has 1 aromatic rings. The summed E-state index contributed by atoms with van der Waals surface area (Å²) in [6, 6.07) is 0. The third-order valence-electron chi connectivity index (χ3n) is 1.19. The van der Waals surface area contributed by atoms with Gasteiger partial charge in [-0.3, -0.25) is 4.68 Å². The number of hydrogen-bond acceptors (Lipinski definition) is 3. The molecule has 1 heterocycles. The second-order valence-corrected chi connectivity index (χ2v) is 2.10. The van der Waals surface area contributed by atoms with Crippen molar-refractivity contribution >= 4 is 0 Å². The standard InChI is InChI=1S/C7H12N2O2/c1-3-10-6-11-7-4-8-9(2)5-7/h4-5H,3,6H2,1-2H3. The fourth-order valence-corrected chi connectivity index (χ4v) is 0.666. The molecule has 62 valence electrons. The minimum Gasteiger partial charge on any atom is -0.464 e. The number of rotatable bonds is 4. The molecule has 1 rings (SSSR count). The van der Waals surface area contributed by atoms with Crippen molar-refractivity contribution in [3.8, 4) is 5.75 Å². The highest BCUT2D eigenvalue weighted by Gasteiger charge is 1.94. The Labute approximate surface area is 65.7 Å². The Hall–Kier alpha value is -1.03. The number of nitrogens with zero attached hydrogens (tertiary/aromatic N) is 2. The van der Waals surface area contributed by atoms with Crippen LogP contribution < -0.4 is 4.74 Å². The van der Waals surface area contributed by atoms with E-state index in [9.17, 15) is 0 Å². The number of ether oxygens (including phenoxy) is 2. The smallest absolute Gasteiger partial charge is 0.189 e. The summed E-state index contributed by atoms with van der Waals surface area (Å²) in [5, 5.41) is 3.93. The van der Waals surface area contributed by atoms with Gasteiger partial charge >= 0.3 is 0 Å². The predicted molar refractivity (Wildman–Crippen MR) is 40.3 cm³/mol.